The van der Waals surface area contributed by atoms with E-state index < -0.39 is 12.0 Å². The van der Waals surface area contributed by atoms with Gasteiger partial charge in [-0.1, -0.05) is 45.1 Å². The molecule has 4 fully saturated rings. The maximum Gasteiger partial charge on any atom is 0.374 e. The third kappa shape index (κ3) is 7.67. The third-order valence-corrected chi connectivity index (χ3v) is 11.4. The van der Waals surface area contributed by atoms with Gasteiger partial charge in [-0.15, -0.1) is 0 Å². The lowest BCUT2D eigenvalue weighted by Crippen LogP contribution is -2.48. The second-order valence-electron chi connectivity index (χ2n) is 14.3. The van der Waals surface area contributed by atoms with Crippen molar-refractivity contribution >= 4 is 28.6 Å². The first kappa shape index (κ1) is 33.1. The van der Waals surface area contributed by atoms with Gasteiger partial charge in [0.05, 0.1) is 25.9 Å². The maximum absolute atomic E-state index is 14.2. The number of alkyl halides is 1. The molecule has 1 unspecified atom stereocenters. The van der Waals surface area contributed by atoms with Crippen LogP contribution in [0, 0.1) is 29.6 Å². The van der Waals surface area contributed by atoms with E-state index >= 15 is 0 Å². The molecule has 9 heteroatoms. The number of hydrogen-bond acceptors (Lipinski definition) is 7. The van der Waals surface area contributed by atoms with E-state index in [-0.39, 0.29) is 54.9 Å². The molecule has 3 atom stereocenters. The van der Waals surface area contributed by atoms with Crippen molar-refractivity contribution in [2.24, 2.45) is 29.6 Å². The van der Waals surface area contributed by atoms with Crippen molar-refractivity contribution in [3.63, 3.8) is 0 Å². The molecule has 1 aromatic carbocycles. The van der Waals surface area contributed by atoms with E-state index in [1.54, 1.807) is 6.07 Å². The number of furan rings is 1. The predicted octanol–water partition coefficient (Wildman–Crippen LogP) is 6.24. The van der Waals surface area contributed by atoms with Gasteiger partial charge in [-0.2, -0.15) is 0 Å². The largest absolute Gasteiger partial charge is 0.458 e. The Balaban J connectivity index is 1.12. The van der Waals surface area contributed by atoms with Crippen LogP contribution in [-0.4, -0.2) is 86.2 Å². The molecule has 2 aromatic rings. The summed E-state index contributed by atoms with van der Waals surface area (Å²) >= 11 is 0. The first-order valence-corrected chi connectivity index (χ1v) is 17.8. The lowest BCUT2D eigenvalue weighted by Gasteiger charge is -2.37. The Morgan fingerprint density at radius 3 is 2.46 bits per heavy atom. The molecule has 2 aliphatic heterocycles. The number of hydrogen-bond donors (Lipinski definition) is 0. The van der Waals surface area contributed by atoms with Crippen LogP contribution in [-0.2, 0) is 25.5 Å². The highest BCUT2D eigenvalue weighted by atomic mass is 19.1. The zero-order valence-corrected chi connectivity index (χ0v) is 27.4. The molecule has 8 nitrogen and oxygen atoms in total. The summed E-state index contributed by atoms with van der Waals surface area (Å²) in [6.07, 6.45) is 10.4. The number of nitrogens with zero attached hydrogens (tertiary/aromatic N) is 2. The van der Waals surface area contributed by atoms with Crippen molar-refractivity contribution < 1.29 is 32.7 Å². The number of fused-ring (bicyclic) bond motifs is 1. The average molecular weight is 639 g/mol. The average Bonchev–Trinajstić information content (AvgIpc) is 3.74. The summed E-state index contributed by atoms with van der Waals surface area (Å²) in [6, 6.07) is 6.92. The summed E-state index contributed by atoms with van der Waals surface area (Å²) in [5.74, 6) is 0.894. The Bertz CT molecular complexity index is 1340. The number of amides is 1. The van der Waals surface area contributed by atoms with Crippen molar-refractivity contribution in [3.05, 3.63) is 35.6 Å². The van der Waals surface area contributed by atoms with Crippen LogP contribution in [0.1, 0.15) is 87.3 Å². The number of benzene rings is 1. The highest BCUT2D eigenvalue weighted by molar-refractivity contribution is 5.94. The predicted molar refractivity (Wildman–Crippen MR) is 173 cm³/mol. The number of rotatable bonds is 11. The van der Waals surface area contributed by atoms with E-state index in [9.17, 15) is 18.8 Å². The van der Waals surface area contributed by atoms with Gasteiger partial charge in [0.1, 0.15) is 12.2 Å². The minimum atomic E-state index is -0.495. The fourth-order valence-corrected chi connectivity index (χ4v) is 8.60. The number of carbonyl (C=O) groups is 3. The molecule has 2 saturated carbocycles. The van der Waals surface area contributed by atoms with Gasteiger partial charge in [0.15, 0.2) is 5.78 Å². The molecular weight excluding hydrogens is 587 g/mol. The van der Waals surface area contributed by atoms with Crippen molar-refractivity contribution in [1.29, 1.82) is 0 Å². The zero-order chi connectivity index (χ0) is 32.0. The van der Waals surface area contributed by atoms with Gasteiger partial charge in [-0.05, 0) is 79.5 Å². The van der Waals surface area contributed by atoms with Gasteiger partial charge in [-0.3, -0.25) is 18.9 Å². The summed E-state index contributed by atoms with van der Waals surface area (Å²) in [6.45, 7) is 6.31. The van der Waals surface area contributed by atoms with Crippen LogP contribution in [0.3, 0.4) is 0 Å². The zero-order valence-electron chi connectivity index (χ0n) is 27.4. The summed E-state index contributed by atoms with van der Waals surface area (Å²) < 4.78 is 29.9. The number of morpholine rings is 1. The van der Waals surface area contributed by atoms with Gasteiger partial charge in [-0.25, -0.2) is 4.79 Å². The first-order valence-electron chi connectivity index (χ1n) is 17.8. The van der Waals surface area contributed by atoms with Crippen molar-refractivity contribution in [2.75, 3.05) is 52.7 Å². The van der Waals surface area contributed by atoms with E-state index in [4.69, 9.17) is 13.9 Å². The summed E-state index contributed by atoms with van der Waals surface area (Å²) in [5, 5.41) is 0.757. The summed E-state index contributed by atoms with van der Waals surface area (Å²) in [5.41, 5.74) is 1.43. The monoisotopic (exact) mass is 638 g/mol. The smallest absolute Gasteiger partial charge is 0.374 e. The molecule has 2 saturated heterocycles. The summed E-state index contributed by atoms with van der Waals surface area (Å²) in [7, 11) is 0. The molecule has 6 rings (SSSR count). The fraction of sp³-hybridized carbons (Fsp3) is 0.703. The molecule has 0 bridgehead atoms. The quantitative estimate of drug-likeness (QED) is 0.269. The van der Waals surface area contributed by atoms with Gasteiger partial charge < -0.3 is 18.8 Å². The topological polar surface area (TPSA) is 89.3 Å². The van der Waals surface area contributed by atoms with Crippen LogP contribution >= 0.6 is 0 Å². The van der Waals surface area contributed by atoms with E-state index in [0.717, 1.165) is 69.0 Å². The number of carbonyl (C=O) groups excluding carboxylic acids is 3. The number of halogens is 1. The van der Waals surface area contributed by atoms with Gasteiger partial charge in [0.25, 0.3) is 0 Å². The van der Waals surface area contributed by atoms with Crippen LogP contribution in [0.25, 0.3) is 11.0 Å². The van der Waals surface area contributed by atoms with Crippen LogP contribution in [0.4, 0.5) is 4.39 Å². The van der Waals surface area contributed by atoms with Crippen LogP contribution in [0.2, 0.25) is 0 Å². The van der Waals surface area contributed by atoms with Gasteiger partial charge in [0.2, 0.25) is 11.7 Å². The van der Waals surface area contributed by atoms with E-state index in [1.807, 2.05) is 30.0 Å². The molecule has 252 valence electrons. The van der Waals surface area contributed by atoms with Crippen LogP contribution < -0.4 is 0 Å². The van der Waals surface area contributed by atoms with Gasteiger partial charge >= 0.3 is 5.97 Å². The molecule has 46 heavy (non-hydrogen) atoms. The standard InChI is InChI=1S/C37H51FN2O6/c1-25(24-38)27-8-10-29(11-9-27)36(42)40-14-13-31(28-5-3-2-4-6-28)35(40)32(41)22-26-7-12-33-30(21-26)23-34(46-33)37(43)45-20-17-39-15-18-44-19-16-39/h7,12,21,23,25,27-29,31,35H,2-6,8-11,13-20,22,24H2,1H3/t25?,27?,29?,31-,35-/m0/s1. The molecule has 0 radical (unpaired) electrons. The Kier molecular flexibility index (Phi) is 11.1. The third-order valence-electron chi connectivity index (χ3n) is 11.4. The Morgan fingerprint density at radius 1 is 0.957 bits per heavy atom. The SMILES string of the molecule is CC(CF)C1CCC(C(=O)N2CC[C@@H](C3CCCCC3)[C@H]2C(=O)Cc2ccc3oc(C(=O)OCCN4CCOCC4)cc3c2)CC1. The molecule has 1 amide bonds. The molecule has 2 aliphatic carbocycles. The second-order valence-corrected chi connectivity index (χ2v) is 14.3. The van der Waals surface area contributed by atoms with Crippen LogP contribution in [0.5, 0.6) is 0 Å². The van der Waals surface area contributed by atoms with E-state index in [1.165, 1.54) is 19.3 Å². The molecule has 0 spiro atoms. The van der Waals surface area contributed by atoms with Gasteiger partial charge in [0, 0.05) is 43.9 Å². The van der Waals surface area contributed by atoms with Crippen molar-refractivity contribution in [2.45, 2.75) is 83.6 Å². The minimum absolute atomic E-state index is 0.0440. The minimum Gasteiger partial charge on any atom is -0.458 e. The second kappa shape index (κ2) is 15.4. The van der Waals surface area contributed by atoms with E-state index in [0.29, 0.717) is 43.7 Å². The molecule has 4 aliphatic rings. The highest BCUT2D eigenvalue weighted by Crippen LogP contribution is 2.42. The van der Waals surface area contributed by atoms with E-state index in [2.05, 4.69) is 4.90 Å². The van der Waals surface area contributed by atoms with Crippen molar-refractivity contribution in [3.8, 4) is 0 Å². The first-order chi connectivity index (χ1) is 22.4. The number of Topliss-reactive ketones (excluding diaryl/α,β-unsaturated/α-hetero) is 1. The number of esters is 1. The molecule has 0 N–H and O–H groups in total. The Morgan fingerprint density at radius 2 is 1.72 bits per heavy atom. The molecule has 1 aromatic heterocycles. The molecular formula is C37H51FN2O6. The van der Waals surface area contributed by atoms with Crippen LogP contribution in [0.15, 0.2) is 28.7 Å². The Labute approximate surface area is 272 Å². The fourth-order valence-electron chi connectivity index (χ4n) is 8.60. The number of ether oxygens (including phenoxy) is 2. The number of likely N-dealkylation sites (tertiary alicyclic amines) is 1. The summed E-state index contributed by atoms with van der Waals surface area (Å²) in [4.78, 5) is 45.0. The van der Waals surface area contributed by atoms with Crippen molar-refractivity contribution in [1.82, 2.24) is 9.80 Å². The number of ketones is 1. The highest BCUT2D eigenvalue weighted by Gasteiger charge is 2.46. The molecule has 3 heterocycles. The lowest BCUT2D eigenvalue weighted by molar-refractivity contribution is -0.143. The Hall–Kier alpha value is -2.78. The lowest BCUT2D eigenvalue weighted by atomic mass is 9.74. The normalized spacial score (nSPS) is 27.1. The maximum atomic E-state index is 14.2.